The molecule has 0 fully saturated rings. The first-order valence-electron chi connectivity index (χ1n) is 6.59. The fraction of sp³-hybridized carbons (Fsp3) is 0.538. The number of hydrogen-bond acceptors (Lipinski definition) is 5. The minimum Gasteiger partial charge on any atom is -0.372 e. The van der Waals surface area contributed by atoms with Crippen molar-refractivity contribution in [3.8, 4) is 0 Å². The van der Waals surface area contributed by atoms with Gasteiger partial charge in [0.15, 0.2) is 0 Å². The zero-order chi connectivity index (χ0) is 14.5. The normalized spacial score (nSPS) is 17.4. The number of carbonyl (C=O) groups is 1. The predicted molar refractivity (Wildman–Crippen MR) is 71.3 cm³/mol. The topological polar surface area (TPSA) is 94.4 Å². The summed E-state index contributed by atoms with van der Waals surface area (Å²) < 4.78 is 5.04. The third-order valence-electron chi connectivity index (χ3n) is 3.25. The van der Waals surface area contributed by atoms with Gasteiger partial charge in [-0.2, -0.15) is 0 Å². The summed E-state index contributed by atoms with van der Waals surface area (Å²) >= 11 is 0. The summed E-state index contributed by atoms with van der Waals surface area (Å²) in [6, 6.07) is 1.53. The fourth-order valence-corrected chi connectivity index (χ4v) is 2.29. The molecule has 0 aliphatic heterocycles. The molecule has 1 aromatic rings. The molecule has 0 bridgehead atoms. The van der Waals surface area contributed by atoms with Crippen LogP contribution in [0.1, 0.15) is 24.6 Å². The maximum atomic E-state index is 11.6. The highest BCUT2D eigenvalue weighted by Gasteiger charge is 2.23. The van der Waals surface area contributed by atoms with Crippen molar-refractivity contribution in [2.75, 3.05) is 13.2 Å². The Labute approximate surface area is 116 Å². The lowest BCUT2D eigenvalue weighted by molar-refractivity contribution is -0.385. The zero-order valence-electron chi connectivity index (χ0n) is 11.3. The van der Waals surface area contributed by atoms with E-state index in [9.17, 15) is 14.9 Å². The second-order valence-corrected chi connectivity index (χ2v) is 4.70. The molecule has 0 spiro atoms. The Morgan fingerprint density at radius 3 is 3.15 bits per heavy atom. The number of rotatable bonds is 5. The van der Waals surface area contributed by atoms with Gasteiger partial charge in [-0.15, -0.1) is 0 Å². The highest BCUT2D eigenvalue weighted by molar-refractivity contribution is 5.77. The molecule has 1 aromatic heterocycles. The molecule has 7 nitrogen and oxygen atoms in total. The molecule has 0 aromatic carbocycles. The van der Waals surface area contributed by atoms with Crippen molar-refractivity contribution in [3.63, 3.8) is 0 Å². The van der Waals surface area contributed by atoms with Gasteiger partial charge in [0.25, 0.3) is 5.69 Å². The summed E-state index contributed by atoms with van der Waals surface area (Å²) in [7, 11) is 0. The van der Waals surface area contributed by atoms with E-state index in [0.717, 1.165) is 17.7 Å². The van der Waals surface area contributed by atoms with Gasteiger partial charge < -0.3 is 10.1 Å². The van der Waals surface area contributed by atoms with Crippen LogP contribution in [-0.2, 0) is 22.4 Å². The quantitative estimate of drug-likeness (QED) is 0.641. The number of pyridine rings is 1. The molecular formula is C13H17N3O4. The monoisotopic (exact) mass is 279 g/mol. The molecule has 0 unspecified atom stereocenters. The third kappa shape index (κ3) is 3.51. The van der Waals surface area contributed by atoms with Gasteiger partial charge in [0.1, 0.15) is 12.8 Å². The highest BCUT2D eigenvalue weighted by atomic mass is 16.6. The second-order valence-electron chi connectivity index (χ2n) is 4.70. The number of aryl methyl sites for hydroxylation is 1. The Hall–Kier alpha value is -2.02. The Morgan fingerprint density at radius 2 is 2.45 bits per heavy atom. The first-order chi connectivity index (χ1) is 9.60. The van der Waals surface area contributed by atoms with Gasteiger partial charge in [0.2, 0.25) is 5.91 Å². The van der Waals surface area contributed by atoms with Gasteiger partial charge in [-0.25, -0.2) is 0 Å². The molecule has 0 saturated carbocycles. The number of nitro groups is 1. The summed E-state index contributed by atoms with van der Waals surface area (Å²) in [5.41, 5.74) is 1.71. The van der Waals surface area contributed by atoms with E-state index < -0.39 is 4.92 Å². The number of carbonyl (C=O) groups excluding carboxylic acids is 1. The number of nitrogens with zero attached hydrogens (tertiary/aromatic N) is 2. The van der Waals surface area contributed by atoms with Crippen LogP contribution < -0.4 is 5.32 Å². The number of fused-ring (bicyclic) bond motifs is 1. The van der Waals surface area contributed by atoms with Crippen LogP contribution in [0.5, 0.6) is 0 Å². The molecule has 1 heterocycles. The maximum Gasteiger partial charge on any atom is 0.287 e. The van der Waals surface area contributed by atoms with Gasteiger partial charge >= 0.3 is 0 Å². The highest BCUT2D eigenvalue weighted by Crippen LogP contribution is 2.23. The van der Waals surface area contributed by atoms with Gasteiger partial charge in [0, 0.05) is 24.4 Å². The Balaban J connectivity index is 2.00. The van der Waals surface area contributed by atoms with E-state index in [1.165, 1.54) is 6.20 Å². The Bertz CT molecular complexity index is 518. The molecule has 0 saturated heterocycles. The van der Waals surface area contributed by atoms with E-state index in [1.54, 1.807) is 6.07 Å². The SMILES string of the molecule is CCOCC(=O)N[C@@H]1CCc2ncc([N+](=O)[O-])cc2C1. The van der Waals surface area contributed by atoms with E-state index in [4.69, 9.17) is 4.74 Å². The minimum absolute atomic E-state index is 0.00922. The molecule has 1 aliphatic carbocycles. The lowest BCUT2D eigenvalue weighted by Crippen LogP contribution is -2.40. The lowest BCUT2D eigenvalue weighted by atomic mass is 9.91. The summed E-state index contributed by atoms with van der Waals surface area (Å²) in [6.07, 6.45) is 3.36. The summed E-state index contributed by atoms with van der Waals surface area (Å²) in [5, 5.41) is 13.6. The van der Waals surface area contributed by atoms with Crippen molar-refractivity contribution in [1.82, 2.24) is 10.3 Å². The van der Waals surface area contributed by atoms with Crippen LogP contribution in [0.2, 0.25) is 0 Å². The van der Waals surface area contributed by atoms with Gasteiger partial charge in [0.05, 0.1) is 4.92 Å². The van der Waals surface area contributed by atoms with Crippen LogP contribution >= 0.6 is 0 Å². The third-order valence-corrected chi connectivity index (χ3v) is 3.25. The number of ether oxygens (including phenoxy) is 1. The molecule has 7 heteroatoms. The van der Waals surface area contributed by atoms with Crippen LogP contribution in [0.25, 0.3) is 0 Å². The zero-order valence-corrected chi connectivity index (χ0v) is 11.3. The number of hydrogen-bond donors (Lipinski definition) is 1. The van der Waals surface area contributed by atoms with E-state index in [1.807, 2.05) is 6.92 Å². The van der Waals surface area contributed by atoms with Crippen molar-refractivity contribution < 1.29 is 14.5 Å². The molecule has 20 heavy (non-hydrogen) atoms. The Kier molecular flexibility index (Phi) is 4.62. The summed E-state index contributed by atoms with van der Waals surface area (Å²) in [4.78, 5) is 26.0. The van der Waals surface area contributed by atoms with Gasteiger partial charge in [-0.05, 0) is 31.7 Å². The average Bonchev–Trinajstić information content (AvgIpc) is 2.44. The summed E-state index contributed by atoms with van der Waals surface area (Å²) in [6.45, 7) is 2.37. The molecule has 1 amide bonds. The van der Waals surface area contributed by atoms with E-state index in [2.05, 4.69) is 10.3 Å². The second kappa shape index (κ2) is 6.42. The fourth-order valence-electron chi connectivity index (χ4n) is 2.29. The van der Waals surface area contributed by atoms with Crippen LogP contribution in [0.4, 0.5) is 5.69 Å². The largest absolute Gasteiger partial charge is 0.372 e. The van der Waals surface area contributed by atoms with Crippen LogP contribution in [0.15, 0.2) is 12.3 Å². The summed E-state index contributed by atoms with van der Waals surface area (Å²) in [5.74, 6) is -0.154. The van der Waals surface area contributed by atoms with Crippen LogP contribution in [0.3, 0.4) is 0 Å². The first-order valence-corrected chi connectivity index (χ1v) is 6.59. The number of amides is 1. The standard InChI is InChI=1S/C13H17N3O4/c1-2-20-8-13(17)15-10-3-4-12-9(5-10)6-11(7-14-12)16(18)19/h6-7,10H,2-5,8H2,1H3,(H,15,17)/t10-/m1/s1. The molecular weight excluding hydrogens is 262 g/mol. The average molecular weight is 279 g/mol. The van der Waals surface area contributed by atoms with E-state index >= 15 is 0 Å². The number of nitrogens with one attached hydrogen (secondary N) is 1. The first kappa shape index (κ1) is 14.4. The van der Waals surface area contributed by atoms with E-state index in [0.29, 0.717) is 19.4 Å². The Morgan fingerprint density at radius 1 is 1.65 bits per heavy atom. The predicted octanol–water partition coefficient (Wildman–Crippen LogP) is 1.000. The van der Waals surface area contributed by atoms with Crippen molar-refractivity contribution >= 4 is 11.6 Å². The van der Waals surface area contributed by atoms with Crippen molar-refractivity contribution in [1.29, 1.82) is 0 Å². The van der Waals surface area contributed by atoms with Gasteiger partial charge in [-0.1, -0.05) is 0 Å². The molecule has 2 rings (SSSR count). The van der Waals surface area contributed by atoms with Crippen molar-refractivity contribution in [2.45, 2.75) is 32.2 Å². The number of aromatic nitrogens is 1. The molecule has 1 aliphatic rings. The molecule has 1 atom stereocenters. The van der Waals surface area contributed by atoms with Gasteiger partial charge in [-0.3, -0.25) is 19.9 Å². The molecule has 1 N–H and O–H groups in total. The van der Waals surface area contributed by atoms with Crippen molar-refractivity contribution in [2.24, 2.45) is 0 Å². The van der Waals surface area contributed by atoms with Crippen molar-refractivity contribution in [3.05, 3.63) is 33.6 Å². The molecule has 0 radical (unpaired) electrons. The molecule has 108 valence electrons. The maximum absolute atomic E-state index is 11.6. The van der Waals surface area contributed by atoms with Crippen LogP contribution in [0, 0.1) is 10.1 Å². The minimum atomic E-state index is -0.454. The smallest absolute Gasteiger partial charge is 0.287 e. The lowest BCUT2D eigenvalue weighted by Gasteiger charge is -2.24. The van der Waals surface area contributed by atoms with Crippen LogP contribution in [-0.4, -0.2) is 35.1 Å². The van der Waals surface area contributed by atoms with E-state index in [-0.39, 0.29) is 24.2 Å².